The van der Waals surface area contributed by atoms with Crippen molar-refractivity contribution in [2.24, 2.45) is 0 Å². The number of ether oxygens (including phenoxy) is 2. The van der Waals surface area contributed by atoms with E-state index in [1.807, 2.05) is 19.1 Å². The number of benzene rings is 2. The molecule has 0 amide bonds. The van der Waals surface area contributed by atoms with Crippen LogP contribution in [0.1, 0.15) is 12.5 Å². The lowest BCUT2D eigenvalue weighted by Crippen LogP contribution is -2.00. The lowest BCUT2D eigenvalue weighted by Gasteiger charge is -2.11. The van der Waals surface area contributed by atoms with Gasteiger partial charge in [0.15, 0.2) is 17.1 Å². The van der Waals surface area contributed by atoms with Crippen molar-refractivity contribution in [3.8, 4) is 23.8 Å². The quantitative estimate of drug-likeness (QED) is 0.343. The summed E-state index contributed by atoms with van der Waals surface area (Å²) in [6.45, 7) is 2.39. The molecule has 0 unspecified atom stereocenters. The van der Waals surface area contributed by atoms with E-state index in [0.29, 0.717) is 34.8 Å². The van der Waals surface area contributed by atoms with Crippen LogP contribution in [0, 0.1) is 12.3 Å². The zero-order valence-electron chi connectivity index (χ0n) is 15.0. The van der Waals surface area contributed by atoms with E-state index in [1.54, 1.807) is 30.3 Å². The molecule has 0 fully saturated rings. The number of carboxylic acid groups (broad SMARTS) is 1. The Labute approximate surface area is 166 Å². The summed E-state index contributed by atoms with van der Waals surface area (Å²) in [5, 5.41) is 9.84. The highest BCUT2D eigenvalue weighted by molar-refractivity contribution is 8.03. The van der Waals surface area contributed by atoms with Crippen molar-refractivity contribution in [2.45, 2.75) is 12.1 Å². The van der Waals surface area contributed by atoms with Gasteiger partial charge in [-0.2, -0.15) is 0 Å². The maximum Gasteiger partial charge on any atom is 0.342 e. The topological polar surface area (TPSA) is 81.8 Å². The normalized spacial score (nSPS) is 11.2. The van der Waals surface area contributed by atoms with Crippen molar-refractivity contribution >= 4 is 34.9 Å². The Morgan fingerprint density at radius 2 is 2.11 bits per heavy atom. The van der Waals surface area contributed by atoms with Gasteiger partial charge < -0.3 is 19.0 Å². The molecule has 0 saturated carbocycles. The van der Waals surface area contributed by atoms with Crippen LogP contribution in [-0.2, 0) is 4.79 Å². The molecule has 1 aromatic heterocycles. The molecule has 28 heavy (non-hydrogen) atoms. The number of para-hydroxylation sites is 2. The first-order chi connectivity index (χ1) is 13.6. The van der Waals surface area contributed by atoms with Gasteiger partial charge in [0.25, 0.3) is 5.22 Å². The lowest BCUT2D eigenvalue weighted by molar-refractivity contribution is -0.131. The van der Waals surface area contributed by atoms with Crippen molar-refractivity contribution in [3.63, 3.8) is 0 Å². The van der Waals surface area contributed by atoms with Crippen molar-refractivity contribution in [1.29, 1.82) is 0 Å². The highest BCUT2D eigenvalue weighted by Crippen LogP contribution is 2.33. The number of rotatable bonds is 8. The fourth-order valence-electron chi connectivity index (χ4n) is 2.40. The van der Waals surface area contributed by atoms with Gasteiger partial charge in [-0.05, 0) is 54.6 Å². The summed E-state index contributed by atoms with van der Waals surface area (Å²) in [6.07, 6.45) is 6.75. The third kappa shape index (κ3) is 4.67. The van der Waals surface area contributed by atoms with Crippen LogP contribution in [-0.4, -0.2) is 29.3 Å². The largest absolute Gasteiger partial charge is 0.490 e. The molecule has 0 saturated heterocycles. The molecule has 0 aliphatic carbocycles. The predicted octanol–water partition coefficient (Wildman–Crippen LogP) is 4.46. The molecule has 0 atom stereocenters. The van der Waals surface area contributed by atoms with E-state index in [-0.39, 0.29) is 16.7 Å². The van der Waals surface area contributed by atoms with E-state index in [2.05, 4.69) is 10.9 Å². The van der Waals surface area contributed by atoms with E-state index in [1.165, 1.54) is 6.08 Å². The summed E-state index contributed by atoms with van der Waals surface area (Å²) in [5.74, 6) is 2.30. The molecule has 1 N–H and O–H groups in total. The summed E-state index contributed by atoms with van der Waals surface area (Å²) in [7, 11) is 0. The molecule has 6 nitrogen and oxygen atoms in total. The molecular weight excluding hydrogens is 378 g/mol. The number of nitrogens with zero attached hydrogens (tertiary/aromatic N) is 1. The van der Waals surface area contributed by atoms with Crippen molar-refractivity contribution < 1.29 is 23.8 Å². The fourth-order valence-corrected chi connectivity index (χ4v) is 3.14. The Hall–Kier alpha value is -3.37. The van der Waals surface area contributed by atoms with E-state index in [0.717, 1.165) is 11.8 Å². The maximum absolute atomic E-state index is 11.7. The summed E-state index contributed by atoms with van der Waals surface area (Å²) in [5.41, 5.74) is 1.91. The minimum atomic E-state index is -1.09. The second-order valence-corrected chi connectivity index (χ2v) is 6.49. The zero-order valence-corrected chi connectivity index (χ0v) is 15.9. The second kappa shape index (κ2) is 9.02. The summed E-state index contributed by atoms with van der Waals surface area (Å²) < 4.78 is 16.6. The van der Waals surface area contributed by atoms with Gasteiger partial charge in [-0.1, -0.05) is 24.1 Å². The van der Waals surface area contributed by atoms with Crippen molar-refractivity contribution in [3.05, 3.63) is 52.9 Å². The molecule has 7 heteroatoms. The monoisotopic (exact) mass is 395 g/mol. The van der Waals surface area contributed by atoms with Crippen molar-refractivity contribution in [1.82, 2.24) is 4.98 Å². The third-order valence-corrected chi connectivity index (χ3v) is 4.42. The third-order valence-electron chi connectivity index (χ3n) is 3.56. The minimum absolute atomic E-state index is 0.0614. The Morgan fingerprint density at radius 1 is 1.29 bits per heavy atom. The van der Waals surface area contributed by atoms with E-state index in [9.17, 15) is 9.90 Å². The zero-order chi connectivity index (χ0) is 19.9. The number of aromatic nitrogens is 1. The SMILES string of the molecule is C#CCOc1ccc(/C=C(/Sc2nc3ccccc3o2)C(=O)O)cc1OCC. The molecular formula is C21H17NO5S. The van der Waals surface area contributed by atoms with Crippen LogP contribution in [0.5, 0.6) is 11.5 Å². The number of aliphatic carboxylic acids is 1. The second-order valence-electron chi connectivity index (χ2n) is 5.50. The smallest absolute Gasteiger partial charge is 0.342 e. The molecule has 3 rings (SSSR count). The minimum Gasteiger partial charge on any atom is -0.490 e. The molecule has 0 aliphatic heterocycles. The van der Waals surface area contributed by atoms with Gasteiger partial charge in [0, 0.05) is 0 Å². The molecule has 1 heterocycles. The Balaban J connectivity index is 1.89. The summed E-state index contributed by atoms with van der Waals surface area (Å²) in [6, 6.07) is 12.4. The number of fused-ring (bicyclic) bond motifs is 1. The molecule has 142 valence electrons. The van der Waals surface area contributed by atoms with E-state index >= 15 is 0 Å². The number of hydrogen-bond donors (Lipinski definition) is 1. The summed E-state index contributed by atoms with van der Waals surface area (Å²) >= 11 is 0.940. The summed E-state index contributed by atoms with van der Waals surface area (Å²) in [4.78, 5) is 16.1. The van der Waals surface area contributed by atoms with Gasteiger partial charge in [-0.15, -0.1) is 6.42 Å². The first-order valence-electron chi connectivity index (χ1n) is 8.42. The van der Waals surface area contributed by atoms with Crippen LogP contribution in [0.3, 0.4) is 0 Å². The number of terminal acetylenes is 1. The fraction of sp³-hybridized carbons (Fsp3) is 0.143. The van der Waals surface area contributed by atoms with Gasteiger partial charge >= 0.3 is 5.97 Å². The van der Waals surface area contributed by atoms with Gasteiger partial charge in [0.05, 0.1) is 6.61 Å². The molecule has 0 bridgehead atoms. The van der Waals surface area contributed by atoms with Crippen LogP contribution < -0.4 is 9.47 Å². The van der Waals surface area contributed by atoms with Crippen LogP contribution in [0.15, 0.2) is 57.0 Å². The lowest BCUT2D eigenvalue weighted by atomic mass is 10.2. The number of oxazole rings is 1. The molecule has 2 aromatic carbocycles. The van der Waals surface area contributed by atoms with Gasteiger partial charge in [-0.25, -0.2) is 9.78 Å². The molecule has 0 aliphatic rings. The Kier molecular flexibility index (Phi) is 6.25. The van der Waals surface area contributed by atoms with E-state index in [4.69, 9.17) is 20.3 Å². The van der Waals surface area contributed by atoms with Gasteiger partial charge in [0.2, 0.25) is 0 Å². The van der Waals surface area contributed by atoms with Gasteiger partial charge in [-0.3, -0.25) is 0 Å². The average molecular weight is 395 g/mol. The molecule has 0 spiro atoms. The van der Waals surface area contributed by atoms with Crippen LogP contribution in [0.2, 0.25) is 0 Å². The molecule has 0 radical (unpaired) electrons. The number of hydrogen-bond acceptors (Lipinski definition) is 6. The number of carbonyl (C=O) groups is 1. The number of thioether (sulfide) groups is 1. The molecule has 3 aromatic rings. The van der Waals surface area contributed by atoms with Crippen molar-refractivity contribution in [2.75, 3.05) is 13.2 Å². The van der Waals surface area contributed by atoms with E-state index < -0.39 is 5.97 Å². The first kappa shape index (κ1) is 19.4. The van der Waals surface area contributed by atoms with Gasteiger partial charge in [0.1, 0.15) is 17.0 Å². The Bertz CT molecular complexity index is 1030. The number of carboxylic acids is 1. The van der Waals surface area contributed by atoms with Crippen LogP contribution >= 0.6 is 11.8 Å². The van der Waals surface area contributed by atoms with Crippen LogP contribution in [0.4, 0.5) is 0 Å². The Morgan fingerprint density at radius 3 is 2.82 bits per heavy atom. The standard InChI is InChI=1S/C21H17NO5S/c1-3-11-26-17-10-9-14(12-18(17)25-4-2)13-19(20(23)24)28-21-22-15-7-5-6-8-16(15)27-21/h1,5-10,12-13H,4,11H2,2H3,(H,23,24)/b19-13+. The highest BCUT2D eigenvalue weighted by atomic mass is 32.2. The predicted molar refractivity (Wildman–Crippen MR) is 107 cm³/mol. The highest BCUT2D eigenvalue weighted by Gasteiger charge is 2.15. The first-order valence-corrected chi connectivity index (χ1v) is 9.24. The average Bonchev–Trinajstić information content (AvgIpc) is 3.09. The maximum atomic E-state index is 11.7. The van der Waals surface area contributed by atoms with Crippen LogP contribution in [0.25, 0.3) is 17.2 Å².